The van der Waals surface area contributed by atoms with Gasteiger partial charge in [-0.1, -0.05) is 83.9 Å². The molecule has 0 spiro atoms. The highest BCUT2D eigenvalue weighted by Crippen LogP contribution is 2.41. The zero-order valence-electron chi connectivity index (χ0n) is 55.1. The first-order valence-corrected chi connectivity index (χ1v) is 34.8. The first-order chi connectivity index (χ1) is 48.7. The van der Waals surface area contributed by atoms with E-state index < -0.39 is 47.2 Å². The Kier molecular flexibility index (Phi) is 20.5. The molecule has 2 aromatic heterocycles. The molecule has 0 unspecified atom stereocenters. The number of amides is 4. The van der Waals surface area contributed by atoms with Crippen molar-refractivity contribution in [1.82, 2.24) is 45.1 Å². The van der Waals surface area contributed by atoms with Gasteiger partial charge in [0.2, 0.25) is 0 Å². The maximum atomic E-state index is 14.1. The number of thiazole rings is 2. The lowest BCUT2D eigenvalue weighted by Crippen LogP contribution is -2.53. The molecule has 4 N–H and O–H groups in total. The number of urea groups is 2. The molecule has 4 saturated heterocycles. The van der Waals surface area contributed by atoms with Crippen molar-refractivity contribution in [3.63, 3.8) is 0 Å². The molecular formula is C73H68Cl2F2N12O10S2. The normalized spacial score (nSPS) is 19.4. The van der Waals surface area contributed by atoms with Crippen molar-refractivity contribution in [1.29, 1.82) is 0 Å². The Balaban J connectivity index is 0.000000181. The second-order valence-electron chi connectivity index (χ2n) is 25.2. The van der Waals surface area contributed by atoms with Crippen LogP contribution >= 0.6 is 45.9 Å². The number of piperazine rings is 2. The van der Waals surface area contributed by atoms with Crippen LogP contribution in [-0.2, 0) is 31.2 Å². The van der Waals surface area contributed by atoms with Gasteiger partial charge in [-0.05, 0) is 109 Å². The molecule has 0 saturated carbocycles. The molecule has 14 rings (SSSR count). The van der Waals surface area contributed by atoms with Gasteiger partial charge in [0.1, 0.15) is 35.2 Å². The number of rotatable bonds is 18. The number of carboxylic acids is 1. The summed E-state index contributed by atoms with van der Waals surface area (Å²) in [6.45, 7) is 9.12. The van der Waals surface area contributed by atoms with E-state index in [1.54, 1.807) is 47.6 Å². The van der Waals surface area contributed by atoms with E-state index in [1.165, 1.54) is 79.4 Å². The van der Waals surface area contributed by atoms with Gasteiger partial charge in [-0.15, -0.1) is 22.7 Å². The van der Waals surface area contributed by atoms with Crippen LogP contribution in [0, 0.1) is 11.6 Å². The number of carbonyl (C=O) groups is 5. The number of aliphatic imine (C=N–C) groups is 2. The fourth-order valence-corrected chi connectivity index (χ4v) is 15.1. The van der Waals surface area contributed by atoms with Gasteiger partial charge in [0.15, 0.2) is 21.7 Å². The minimum atomic E-state index is -1.01. The van der Waals surface area contributed by atoms with Gasteiger partial charge in [-0.2, -0.15) is 0 Å². The van der Waals surface area contributed by atoms with E-state index in [-0.39, 0.29) is 57.5 Å². The van der Waals surface area contributed by atoms with Crippen molar-refractivity contribution in [2.24, 2.45) is 9.98 Å². The van der Waals surface area contributed by atoms with E-state index >= 15 is 0 Å². The molecule has 22 nitrogen and oxygen atoms in total. The van der Waals surface area contributed by atoms with Gasteiger partial charge in [-0.25, -0.2) is 42.7 Å². The van der Waals surface area contributed by atoms with Crippen molar-refractivity contribution in [2.75, 3.05) is 84.6 Å². The standard InChI is InChI=1S/C38H38ClFN6O4S.C35H30ClFN6O6S/c1-38(2,26-10-8-25(9-11-26)24-6-4-23(22-47)5-7-24)46-20-28-19-44(15-16-45(28)37(46)49)21-31-32(36(48)50-3)33(29-13-12-27(40)18-30(29)39)43-34(42-31)35-41-14-17-51-35;1-48-34(46)29-28(39-31(32-38-12-15-50-32)40-30(29)26-11-4-21(37)16-27(26)36)19-41-13-14-42-23(17-41)18-43(35(42)47)22-5-9-25(10-6-22)49-24-7-2-20(3-8-24)33(44)45/h4-14,17-18,28,33,47H,15-16,19-22H2,1-3H3,(H,42,43);2-12,15-16,23,30H,13-14,17-19H2,1H3,(H,39,40)(H,44,45)/t28-,33-;23-,30-/m00/s1. The number of methoxy groups -OCH3 is 2. The van der Waals surface area contributed by atoms with Gasteiger partial charge in [0.25, 0.3) is 0 Å². The van der Waals surface area contributed by atoms with Crippen LogP contribution in [0.5, 0.6) is 11.5 Å². The molecule has 8 aromatic rings. The summed E-state index contributed by atoms with van der Waals surface area (Å²) in [5.74, 6) is -1.20. The molecule has 0 bridgehead atoms. The summed E-state index contributed by atoms with van der Waals surface area (Å²) in [5.41, 5.74) is 6.95. The number of amidine groups is 2. The Morgan fingerprint density at radius 3 is 1.54 bits per heavy atom. The average molecular weight is 1450 g/mol. The van der Waals surface area contributed by atoms with Crippen molar-refractivity contribution in [3.8, 4) is 22.6 Å². The van der Waals surface area contributed by atoms with Gasteiger partial charge in [0, 0.05) is 127 Å². The number of hydrogen-bond donors (Lipinski definition) is 4. The Morgan fingerprint density at radius 2 is 1.09 bits per heavy atom. The van der Waals surface area contributed by atoms with E-state index in [4.69, 9.17) is 52.5 Å². The summed E-state index contributed by atoms with van der Waals surface area (Å²) in [6, 6.07) is 35.4. The number of aliphatic hydroxyl groups excluding tert-OH is 1. The van der Waals surface area contributed by atoms with Crippen molar-refractivity contribution < 1.29 is 57.2 Å². The number of benzene rings is 6. The average Bonchev–Trinajstić information content (AvgIpc) is 1.66. The Bertz CT molecular complexity index is 4590. The topological polar surface area (TPSA) is 248 Å². The molecule has 6 aliphatic heterocycles. The number of anilines is 1. The predicted octanol–water partition coefficient (Wildman–Crippen LogP) is 11.5. The number of aromatic carboxylic acids is 1. The van der Waals surface area contributed by atoms with Crippen LogP contribution in [0.25, 0.3) is 11.1 Å². The van der Waals surface area contributed by atoms with Gasteiger partial charge in [-0.3, -0.25) is 24.7 Å². The number of esters is 2. The van der Waals surface area contributed by atoms with Crippen molar-refractivity contribution in [3.05, 3.63) is 239 Å². The summed E-state index contributed by atoms with van der Waals surface area (Å²) < 4.78 is 44.4. The van der Waals surface area contributed by atoms with Crippen LogP contribution in [-0.4, -0.2) is 178 Å². The molecule has 4 atom stereocenters. The lowest BCUT2D eigenvalue weighted by atomic mass is 9.90. The molecule has 8 heterocycles. The smallest absolute Gasteiger partial charge is 0.338 e. The number of aromatic nitrogens is 2. The molecule has 28 heteroatoms. The summed E-state index contributed by atoms with van der Waals surface area (Å²) in [6.07, 6.45) is 3.34. The molecule has 0 radical (unpaired) electrons. The van der Waals surface area contributed by atoms with Crippen molar-refractivity contribution >= 4 is 93.2 Å². The minimum Gasteiger partial charge on any atom is -0.478 e. The number of nitrogens with one attached hydrogen (secondary N) is 2. The van der Waals surface area contributed by atoms with E-state index in [9.17, 15) is 37.9 Å². The lowest BCUT2D eigenvalue weighted by molar-refractivity contribution is -0.137. The van der Waals surface area contributed by atoms with Gasteiger partial charge in [0.05, 0.1) is 55.2 Å². The molecule has 6 aromatic carbocycles. The summed E-state index contributed by atoms with van der Waals surface area (Å²) in [4.78, 5) is 95.6. The van der Waals surface area contributed by atoms with Crippen LogP contribution in [0.4, 0.5) is 24.1 Å². The SMILES string of the molecule is COC(=O)C1=C(CN2CCN3C(=O)N(C(C)(C)c4ccc(-c5ccc(CO)cc5)cc4)C[C@@H]3C2)NC(c2nccs2)=N[C@H]1c1ccc(F)cc1Cl.COC(=O)C1=C(CN2CCN3C(=O)N(c4ccc(Oc5ccc(C(=O)O)cc5)cc4)C[C@@H]3C2)NC(c2nccs2)=N[C@H]1c1ccc(F)cc1Cl. The third-order valence-corrected chi connectivity index (χ3v) is 20.9. The molecule has 4 amide bonds. The lowest BCUT2D eigenvalue weighted by Gasteiger charge is -2.38. The number of carbonyl (C=O) groups excluding carboxylic acids is 4. The fraction of sp³-hybridized carbons (Fsp3) is 0.274. The monoisotopic (exact) mass is 1440 g/mol. The van der Waals surface area contributed by atoms with Crippen LogP contribution in [0.1, 0.15) is 68.6 Å². The van der Waals surface area contributed by atoms with E-state index in [0.29, 0.717) is 121 Å². The second kappa shape index (κ2) is 29.7. The highest BCUT2D eigenvalue weighted by Gasteiger charge is 2.48. The summed E-state index contributed by atoms with van der Waals surface area (Å²) >= 11 is 15.8. The highest BCUT2D eigenvalue weighted by molar-refractivity contribution is 7.12. The highest BCUT2D eigenvalue weighted by atomic mass is 35.5. The predicted molar refractivity (Wildman–Crippen MR) is 379 cm³/mol. The number of ether oxygens (including phenoxy) is 3. The first-order valence-electron chi connectivity index (χ1n) is 32.3. The summed E-state index contributed by atoms with van der Waals surface area (Å²) in [7, 11) is 2.61. The van der Waals surface area contributed by atoms with Crippen molar-refractivity contribution in [2.45, 2.75) is 50.2 Å². The summed E-state index contributed by atoms with van der Waals surface area (Å²) in [5, 5.41) is 30.4. The fourth-order valence-electron chi connectivity index (χ4n) is 13.4. The Morgan fingerprint density at radius 1 is 0.614 bits per heavy atom. The molecule has 4 fully saturated rings. The number of aliphatic hydroxyl groups is 1. The second-order valence-corrected chi connectivity index (χ2v) is 27.8. The molecule has 0 aliphatic carbocycles. The quantitative estimate of drug-likeness (QED) is 0.0583. The Labute approximate surface area is 598 Å². The molecule has 520 valence electrons. The Hall–Kier alpha value is -9.93. The number of hydrogen-bond acceptors (Lipinski definition) is 19. The zero-order valence-corrected chi connectivity index (χ0v) is 58.2. The van der Waals surface area contributed by atoms with Gasteiger partial charge >= 0.3 is 30.0 Å². The molecule has 6 aliphatic rings. The molecular weight excluding hydrogens is 1380 g/mol. The molecule has 101 heavy (non-hydrogen) atoms. The van der Waals surface area contributed by atoms with E-state index in [2.05, 4.69) is 68.5 Å². The zero-order chi connectivity index (χ0) is 70.8. The maximum absolute atomic E-state index is 14.1. The maximum Gasteiger partial charge on any atom is 0.338 e. The number of carboxylic acid groups (broad SMARTS) is 1. The largest absolute Gasteiger partial charge is 0.478 e. The number of halogens is 4. The van der Waals surface area contributed by atoms with Crippen LogP contribution in [0.2, 0.25) is 10.0 Å². The van der Waals surface area contributed by atoms with Gasteiger partial charge < -0.3 is 49.8 Å². The number of fused-ring (bicyclic) bond motifs is 2. The third kappa shape index (κ3) is 14.7. The van der Waals surface area contributed by atoms with E-state index in [1.807, 2.05) is 61.9 Å². The third-order valence-electron chi connectivity index (χ3n) is 18.7. The van der Waals surface area contributed by atoms with E-state index in [0.717, 1.165) is 27.9 Å². The van der Waals surface area contributed by atoms with Crippen LogP contribution in [0.3, 0.4) is 0 Å². The van der Waals surface area contributed by atoms with Crippen LogP contribution < -0.4 is 20.3 Å². The first kappa shape index (κ1) is 69.5. The number of nitrogens with zero attached hydrogens (tertiary/aromatic N) is 10. The minimum absolute atomic E-state index is 0.00257. The van der Waals surface area contributed by atoms with Crippen LogP contribution in [0.15, 0.2) is 189 Å².